The molecule has 0 saturated heterocycles. The number of aryl methyl sites for hydroxylation is 4. The molecule has 0 saturated carbocycles. The standard InChI is InChI=1S/C26H48N4/c1-3-5-7-9-13-17-27-21-23-29(25-27)19-15-11-12-16-20-30-24-22-28(26-30)18-14-10-8-6-4-2/h21-26H,3-20H2,1-2H3/q+2. The zero-order valence-corrected chi connectivity index (χ0v) is 20.0. The van der Waals surface area contributed by atoms with Gasteiger partial charge in [0.25, 0.3) is 0 Å². The molecule has 0 unspecified atom stereocenters. The van der Waals surface area contributed by atoms with Gasteiger partial charge in [-0.25, -0.2) is 18.3 Å². The second kappa shape index (κ2) is 16.2. The number of aromatic nitrogens is 4. The highest BCUT2D eigenvalue weighted by molar-refractivity contribution is 4.67. The van der Waals surface area contributed by atoms with Crippen molar-refractivity contribution in [3.8, 4) is 0 Å². The molecule has 0 aliphatic heterocycles. The van der Waals surface area contributed by atoms with Crippen molar-refractivity contribution in [3.05, 3.63) is 37.4 Å². The van der Waals surface area contributed by atoms with Crippen LogP contribution >= 0.6 is 0 Å². The molecule has 4 heteroatoms. The Hall–Kier alpha value is -1.58. The minimum atomic E-state index is 1.16. The Balaban J connectivity index is 1.47. The van der Waals surface area contributed by atoms with Crippen molar-refractivity contribution < 1.29 is 9.13 Å². The molecule has 0 aromatic carbocycles. The van der Waals surface area contributed by atoms with E-state index in [-0.39, 0.29) is 0 Å². The highest BCUT2D eigenvalue weighted by Gasteiger charge is 2.05. The molecule has 0 aliphatic carbocycles. The smallest absolute Gasteiger partial charge is 0.237 e. The van der Waals surface area contributed by atoms with Crippen LogP contribution in [0, 0.1) is 0 Å². The molecule has 2 aromatic heterocycles. The van der Waals surface area contributed by atoms with Gasteiger partial charge in [-0.1, -0.05) is 52.4 Å². The van der Waals surface area contributed by atoms with E-state index in [1.165, 1.54) is 103 Å². The normalized spacial score (nSPS) is 11.4. The van der Waals surface area contributed by atoms with Gasteiger partial charge in [-0.3, -0.25) is 0 Å². The summed E-state index contributed by atoms with van der Waals surface area (Å²) in [5.41, 5.74) is 0. The lowest BCUT2D eigenvalue weighted by Gasteiger charge is -2.00. The van der Waals surface area contributed by atoms with Crippen LogP contribution < -0.4 is 9.13 Å². The molecule has 2 aromatic rings. The number of nitrogens with zero attached hydrogens (tertiary/aromatic N) is 4. The van der Waals surface area contributed by atoms with Gasteiger partial charge in [0.1, 0.15) is 24.8 Å². The second-order valence-electron chi connectivity index (χ2n) is 9.02. The van der Waals surface area contributed by atoms with E-state index in [9.17, 15) is 0 Å². The van der Waals surface area contributed by atoms with Gasteiger partial charge in [0, 0.05) is 0 Å². The Morgan fingerprint density at radius 2 is 0.900 bits per heavy atom. The molecule has 2 heterocycles. The van der Waals surface area contributed by atoms with Gasteiger partial charge < -0.3 is 0 Å². The first kappa shape index (κ1) is 24.7. The number of unbranched alkanes of at least 4 members (excludes halogenated alkanes) is 11. The fourth-order valence-electron chi connectivity index (χ4n) is 4.14. The van der Waals surface area contributed by atoms with E-state index in [4.69, 9.17) is 0 Å². The summed E-state index contributed by atoms with van der Waals surface area (Å²) in [6.07, 6.45) is 32.3. The summed E-state index contributed by atoms with van der Waals surface area (Å²) in [5.74, 6) is 0. The van der Waals surface area contributed by atoms with Crippen molar-refractivity contribution in [3.63, 3.8) is 0 Å². The second-order valence-corrected chi connectivity index (χ2v) is 9.02. The summed E-state index contributed by atoms with van der Waals surface area (Å²) < 4.78 is 9.44. The molecule has 2 rings (SSSR count). The summed E-state index contributed by atoms with van der Waals surface area (Å²) in [7, 11) is 0. The van der Waals surface area contributed by atoms with Gasteiger partial charge in [-0.2, -0.15) is 0 Å². The van der Waals surface area contributed by atoms with E-state index in [2.05, 4.69) is 69.6 Å². The zero-order chi connectivity index (χ0) is 21.3. The average molecular weight is 417 g/mol. The lowest BCUT2D eigenvalue weighted by Crippen LogP contribution is -2.30. The Morgan fingerprint density at radius 3 is 1.33 bits per heavy atom. The van der Waals surface area contributed by atoms with Crippen molar-refractivity contribution in [2.24, 2.45) is 0 Å². The van der Waals surface area contributed by atoms with Crippen molar-refractivity contribution in [1.82, 2.24) is 9.13 Å². The number of hydrogen-bond acceptors (Lipinski definition) is 0. The average Bonchev–Trinajstić information content (AvgIpc) is 3.40. The molecule has 170 valence electrons. The van der Waals surface area contributed by atoms with E-state index in [1.54, 1.807) is 0 Å². The molecular weight excluding hydrogens is 368 g/mol. The Labute approximate surface area is 185 Å². The van der Waals surface area contributed by atoms with Crippen LogP contribution in [-0.2, 0) is 26.2 Å². The van der Waals surface area contributed by atoms with Crippen molar-refractivity contribution in [1.29, 1.82) is 0 Å². The molecule has 0 fully saturated rings. The van der Waals surface area contributed by atoms with Crippen LogP contribution in [0.15, 0.2) is 37.4 Å². The molecular formula is C26H48N4+2. The van der Waals surface area contributed by atoms with E-state index >= 15 is 0 Å². The molecule has 0 bridgehead atoms. The predicted molar refractivity (Wildman–Crippen MR) is 125 cm³/mol. The summed E-state index contributed by atoms with van der Waals surface area (Å²) in [4.78, 5) is 0. The summed E-state index contributed by atoms with van der Waals surface area (Å²) >= 11 is 0. The molecule has 0 N–H and O–H groups in total. The first-order chi connectivity index (χ1) is 14.8. The predicted octanol–water partition coefficient (Wildman–Crippen LogP) is 6.07. The SMILES string of the molecule is CCCCCCC[n+]1ccn(CCCCCCn2cc[n+](CCCCCCC)c2)c1. The Kier molecular flexibility index (Phi) is 13.3. The third-order valence-corrected chi connectivity index (χ3v) is 6.11. The lowest BCUT2D eigenvalue weighted by molar-refractivity contribution is -0.697. The summed E-state index contributed by atoms with van der Waals surface area (Å²) in [6, 6.07) is 0. The fraction of sp³-hybridized carbons (Fsp3) is 0.769. The number of imidazole rings is 2. The first-order valence-electron chi connectivity index (χ1n) is 12.9. The van der Waals surface area contributed by atoms with Crippen LogP contribution in [-0.4, -0.2) is 9.13 Å². The van der Waals surface area contributed by atoms with Crippen LogP contribution in [0.5, 0.6) is 0 Å². The van der Waals surface area contributed by atoms with Crippen LogP contribution in [0.25, 0.3) is 0 Å². The maximum Gasteiger partial charge on any atom is 0.243 e. The zero-order valence-electron chi connectivity index (χ0n) is 20.0. The number of hydrogen-bond donors (Lipinski definition) is 0. The molecule has 30 heavy (non-hydrogen) atoms. The highest BCUT2D eigenvalue weighted by atomic mass is 15.1. The molecule has 0 aliphatic rings. The molecule has 0 spiro atoms. The summed E-state index contributed by atoms with van der Waals surface area (Å²) in [6.45, 7) is 9.22. The maximum atomic E-state index is 2.36. The van der Waals surface area contributed by atoms with Crippen LogP contribution in [0.2, 0.25) is 0 Å². The van der Waals surface area contributed by atoms with Gasteiger partial charge in [0.15, 0.2) is 0 Å². The van der Waals surface area contributed by atoms with Crippen molar-refractivity contribution >= 4 is 0 Å². The van der Waals surface area contributed by atoms with Crippen LogP contribution in [0.3, 0.4) is 0 Å². The van der Waals surface area contributed by atoms with E-state index < -0.39 is 0 Å². The molecule has 0 radical (unpaired) electrons. The Morgan fingerprint density at radius 1 is 0.500 bits per heavy atom. The van der Waals surface area contributed by atoms with E-state index in [1.807, 2.05) is 0 Å². The van der Waals surface area contributed by atoms with Crippen LogP contribution in [0.4, 0.5) is 0 Å². The largest absolute Gasteiger partial charge is 0.243 e. The maximum absolute atomic E-state index is 2.36. The fourth-order valence-corrected chi connectivity index (χ4v) is 4.14. The van der Waals surface area contributed by atoms with E-state index in [0.717, 1.165) is 13.1 Å². The Bertz CT molecular complexity index is 587. The van der Waals surface area contributed by atoms with Crippen molar-refractivity contribution in [2.75, 3.05) is 0 Å². The van der Waals surface area contributed by atoms with Gasteiger partial charge in [-0.15, -0.1) is 0 Å². The topological polar surface area (TPSA) is 17.6 Å². The van der Waals surface area contributed by atoms with Gasteiger partial charge in [-0.05, 0) is 51.4 Å². The molecule has 0 amide bonds. The summed E-state index contributed by atoms with van der Waals surface area (Å²) in [5, 5.41) is 0. The van der Waals surface area contributed by atoms with Gasteiger partial charge in [0.2, 0.25) is 12.7 Å². The molecule has 0 atom stereocenters. The van der Waals surface area contributed by atoms with E-state index in [0.29, 0.717) is 0 Å². The third kappa shape index (κ3) is 11.0. The highest BCUT2D eigenvalue weighted by Crippen LogP contribution is 2.05. The van der Waals surface area contributed by atoms with Gasteiger partial charge in [0.05, 0.1) is 26.2 Å². The van der Waals surface area contributed by atoms with Crippen molar-refractivity contribution in [2.45, 2.75) is 130 Å². The number of rotatable bonds is 19. The monoisotopic (exact) mass is 416 g/mol. The minimum Gasteiger partial charge on any atom is -0.237 e. The van der Waals surface area contributed by atoms with Gasteiger partial charge >= 0.3 is 0 Å². The van der Waals surface area contributed by atoms with Crippen LogP contribution in [0.1, 0.15) is 104 Å². The minimum absolute atomic E-state index is 1.16. The third-order valence-electron chi connectivity index (χ3n) is 6.11. The first-order valence-corrected chi connectivity index (χ1v) is 12.9. The quantitative estimate of drug-likeness (QED) is 0.195. The lowest BCUT2D eigenvalue weighted by atomic mass is 10.1. The molecule has 4 nitrogen and oxygen atoms in total.